The van der Waals surface area contributed by atoms with Gasteiger partial charge in [0.2, 0.25) is 6.79 Å². The largest absolute Gasteiger partial charge is 0.454 e. The van der Waals surface area contributed by atoms with E-state index >= 15 is 0 Å². The normalized spacial score (nSPS) is 19.7. The third-order valence-corrected chi connectivity index (χ3v) is 4.24. The number of likely N-dealkylation sites (tertiary alicyclic amines) is 1. The fourth-order valence-electron chi connectivity index (χ4n) is 3.16. The van der Waals surface area contributed by atoms with Gasteiger partial charge in [0.15, 0.2) is 11.5 Å². The summed E-state index contributed by atoms with van der Waals surface area (Å²) in [6.07, 6.45) is 5.81. The average molecular weight is 299 g/mol. The number of ether oxygens (including phenoxy) is 2. The van der Waals surface area contributed by atoms with Crippen molar-refractivity contribution in [3.05, 3.63) is 41.7 Å². The molecule has 3 heterocycles. The van der Waals surface area contributed by atoms with Crippen LogP contribution in [0.1, 0.15) is 34.8 Å². The monoisotopic (exact) mass is 299 g/mol. The Bertz CT molecular complexity index is 725. The fourth-order valence-corrected chi connectivity index (χ4v) is 3.16. The predicted octanol–water partition coefficient (Wildman–Crippen LogP) is 2.13. The van der Waals surface area contributed by atoms with Crippen LogP contribution in [-0.4, -0.2) is 33.9 Å². The first-order valence-corrected chi connectivity index (χ1v) is 7.41. The van der Waals surface area contributed by atoms with E-state index in [-0.39, 0.29) is 18.7 Å². The number of hydrogen-bond acceptors (Lipinski definition) is 4. The second-order valence-corrected chi connectivity index (χ2v) is 5.67. The molecule has 0 saturated carbocycles. The lowest BCUT2D eigenvalue weighted by Crippen LogP contribution is -2.30. The zero-order valence-corrected chi connectivity index (χ0v) is 12.4. The number of fused-ring (bicyclic) bond motifs is 1. The van der Waals surface area contributed by atoms with E-state index in [1.807, 2.05) is 24.3 Å². The highest BCUT2D eigenvalue weighted by molar-refractivity contribution is 5.95. The van der Waals surface area contributed by atoms with Crippen molar-refractivity contribution in [1.29, 1.82) is 0 Å². The number of hydrogen-bond donors (Lipinski definition) is 0. The highest BCUT2D eigenvalue weighted by atomic mass is 16.7. The molecular formula is C16H17N3O3. The van der Waals surface area contributed by atoms with Crippen molar-refractivity contribution in [3.8, 4) is 11.5 Å². The maximum atomic E-state index is 12.8. The summed E-state index contributed by atoms with van der Waals surface area (Å²) < 4.78 is 12.4. The Hall–Kier alpha value is -2.50. The van der Waals surface area contributed by atoms with Crippen molar-refractivity contribution in [2.45, 2.75) is 18.9 Å². The van der Waals surface area contributed by atoms with Gasteiger partial charge in [-0.15, -0.1) is 0 Å². The van der Waals surface area contributed by atoms with Crippen LogP contribution in [-0.2, 0) is 7.05 Å². The van der Waals surface area contributed by atoms with Crippen LogP contribution >= 0.6 is 0 Å². The maximum absolute atomic E-state index is 12.8. The second kappa shape index (κ2) is 5.05. The van der Waals surface area contributed by atoms with Gasteiger partial charge in [-0.1, -0.05) is 0 Å². The van der Waals surface area contributed by atoms with Crippen molar-refractivity contribution in [2.75, 3.05) is 13.3 Å². The van der Waals surface area contributed by atoms with Crippen LogP contribution in [0.4, 0.5) is 0 Å². The highest BCUT2D eigenvalue weighted by Gasteiger charge is 2.32. The molecule has 2 aromatic rings. The molecule has 0 unspecified atom stereocenters. The van der Waals surface area contributed by atoms with Gasteiger partial charge in [0.1, 0.15) is 0 Å². The molecule has 2 aliphatic rings. The van der Waals surface area contributed by atoms with E-state index in [4.69, 9.17) is 9.47 Å². The molecule has 0 aliphatic carbocycles. The molecule has 4 rings (SSSR count). The minimum atomic E-state index is 0.0321. The van der Waals surface area contributed by atoms with Crippen LogP contribution in [0.3, 0.4) is 0 Å². The van der Waals surface area contributed by atoms with Gasteiger partial charge < -0.3 is 14.4 Å². The molecule has 1 amide bonds. The van der Waals surface area contributed by atoms with E-state index < -0.39 is 0 Å². The molecule has 1 fully saturated rings. The molecule has 6 heteroatoms. The van der Waals surface area contributed by atoms with Crippen LogP contribution in [0.2, 0.25) is 0 Å². The second-order valence-electron chi connectivity index (χ2n) is 5.67. The van der Waals surface area contributed by atoms with Gasteiger partial charge in [-0.2, -0.15) is 5.10 Å². The number of aromatic nitrogens is 2. The fraction of sp³-hybridized carbons (Fsp3) is 0.375. The highest BCUT2D eigenvalue weighted by Crippen LogP contribution is 2.36. The molecular weight excluding hydrogens is 282 g/mol. The molecule has 1 atom stereocenters. The zero-order chi connectivity index (χ0) is 15.1. The molecule has 0 spiro atoms. The van der Waals surface area contributed by atoms with Gasteiger partial charge in [0.25, 0.3) is 5.91 Å². The molecule has 0 radical (unpaired) electrons. The third-order valence-electron chi connectivity index (χ3n) is 4.24. The summed E-state index contributed by atoms with van der Waals surface area (Å²) in [6, 6.07) is 5.47. The van der Waals surface area contributed by atoms with Crippen molar-refractivity contribution in [3.63, 3.8) is 0 Å². The Labute approximate surface area is 128 Å². The van der Waals surface area contributed by atoms with E-state index in [1.165, 1.54) is 0 Å². The van der Waals surface area contributed by atoms with E-state index in [2.05, 4.69) is 5.10 Å². The van der Waals surface area contributed by atoms with Crippen molar-refractivity contribution in [2.24, 2.45) is 7.05 Å². The molecule has 6 nitrogen and oxygen atoms in total. The Morgan fingerprint density at radius 1 is 1.32 bits per heavy atom. The SMILES string of the molecule is Cn1cc([C@H]2CCCN2C(=O)c2ccc3c(c2)OCO3)cn1. The van der Waals surface area contributed by atoms with Crippen LogP contribution in [0, 0.1) is 0 Å². The van der Waals surface area contributed by atoms with Crippen LogP contribution in [0.5, 0.6) is 11.5 Å². The summed E-state index contributed by atoms with van der Waals surface area (Å²) in [4.78, 5) is 14.8. The van der Waals surface area contributed by atoms with E-state index in [9.17, 15) is 4.79 Å². The van der Waals surface area contributed by atoms with Crippen LogP contribution in [0.15, 0.2) is 30.6 Å². The standard InChI is InChI=1S/C16H17N3O3/c1-18-9-12(8-17-18)13-3-2-6-19(13)16(20)11-4-5-14-15(7-11)22-10-21-14/h4-5,7-9,13H,2-3,6,10H2,1H3/t13-/m1/s1. The lowest BCUT2D eigenvalue weighted by Gasteiger charge is -2.24. The van der Waals surface area contributed by atoms with E-state index in [0.29, 0.717) is 17.1 Å². The lowest BCUT2D eigenvalue weighted by molar-refractivity contribution is 0.0735. The minimum absolute atomic E-state index is 0.0321. The number of amides is 1. The summed E-state index contributed by atoms with van der Waals surface area (Å²) in [5.74, 6) is 1.37. The Kier molecular flexibility index (Phi) is 3.03. The first-order valence-electron chi connectivity index (χ1n) is 7.41. The van der Waals surface area contributed by atoms with Gasteiger partial charge in [-0.25, -0.2) is 0 Å². The summed E-state index contributed by atoms with van der Waals surface area (Å²) in [5.41, 5.74) is 1.73. The number of aryl methyl sites for hydroxylation is 1. The summed E-state index contributed by atoms with van der Waals surface area (Å²) in [7, 11) is 1.89. The molecule has 2 aliphatic heterocycles. The number of benzene rings is 1. The Morgan fingerprint density at radius 3 is 3.00 bits per heavy atom. The average Bonchev–Trinajstić information content (AvgIpc) is 3.25. The van der Waals surface area contributed by atoms with Crippen LogP contribution in [0.25, 0.3) is 0 Å². The molecule has 114 valence electrons. The van der Waals surface area contributed by atoms with E-state index in [0.717, 1.165) is 24.9 Å². The number of carbonyl (C=O) groups is 1. The first-order chi connectivity index (χ1) is 10.7. The van der Waals surface area contributed by atoms with Gasteiger partial charge >= 0.3 is 0 Å². The quantitative estimate of drug-likeness (QED) is 0.852. The van der Waals surface area contributed by atoms with Crippen LogP contribution < -0.4 is 9.47 Å². The smallest absolute Gasteiger partial charge is 0.254 e. The molecule has 1 aromatic heterocycles. The summed E-state index contributed by atoms with van der Waals surface area (Å²) in [6.45, 7) is 0.988. The molecule has 1 saturated heterocycles. The molecule has 0 bridgehead atoms. The van der Waals surface area contributed by atoms with Crippen molar-refractivity contribution >= 4 is 5.91 Å². The van der Waals surface area contributed by atoms with Crippen molar-refractivity contribution in [1.82, 2.24) is 14.7 Å². The molecule has 1 aromatic carbocycles. The van der Waals surface area contributed by atoms with E-state index in [1.54, 1.807) is 22.9 Å². The van der Waals surface area contributed by atoms with Gasteiger partial charge in [-0.3, -0.25) is 9.48 Å². The third kappa shape index (κ3) is 2.11. The molecule has 22 heavy (non-hydrogen) atoms. The van der Waals surface area contributed by atoms with Gasteiger partial charge in [0.05, 0.1) is 12.2 Å². The van der Waals surface area contributed by atoms with Gasteiger partial charge in [0, 0.05) is 30.9 Å². The minimum Gasteiger partial charge on any atom is -0.454 e. The number of nitrogens with zero attached hydrogens (tertiary/aromatic N) is 3. The first kappa shape index (κ1) is 13.2. The number of rotatable bonds is 2. The predicted molar refractivity (Wildman–Crippen MR) is 78.8 cm³/mol. The Balaban J connectivity index is 1.61. The zero-order valence-electron chi connectivity index (χ0n) is 12.4. The topological polar surface area (TPSA) is 56.6 Å². The number of carbonyl (C=O) groups excluding carboxylic acids is 1. The Morgan fingerprint density at radius 2 is 2.18 bits per heavy atom. The maximum Gasteiger partial charge on any atom is 0.254 e. The summed E-state index contributed by atoms with van der Waals surface area (Å²) >= 11 is 0. The lowest BCUT2D eigenvalue weighted by atomic mass is 10.1. The summed E-state index contributed by atoms with van der Waals surface area (Å²) in [5, 5.41) is 4.22. The molecule has 0 N–H and O–H groups in total. The van der Waals surface area contributed by atoms with Crippen molar-refractivity contribution < 1.29 is 14.3 Å². The van der Waals surface area contributed by atoms with Gasteiger partial charge in [-0.05, 0) is 31.0 Å².